The highest BCUT2D eigenvalue weighted by Crippen LogP contribution is 2.34. The van der Waals surface area contributed by atoms with Crippen molar-refractivity contribution in [3.63, 3.8) is 0 Å². The Morgan fingerprint density at radius 3 is 2.65 bits per heavy atom. The SMILES string of the molecule is COCCN=c1scc(-c2ccc(C3CCCCC3)cc2)n1N=C(C)c1ccc2c(c1)OCO2. The van der Waals surface area contributed by atoms with Crippen molar-refractivity contribution in [1.82, 2.24) is 4.68 Å². The first kappa shape index (κ1) is 22.9. The second-order valence-electron chi connectivity index (χ2n) is 8.80. The van der Waals surface area contributed by atoms with Crippen LogP contribution < -0.4 is 14.3 Å². The van der Waals surface area contributed by atoms with Gasteiger partial charge < -0.3 is 14.2 Å². The molecule has 0 saturated heterocycles. The Labute approximate surface area is 204 Å². The van der Waals surface area contributed by atoms with E-state index in [9.17, 15) is 0 Å². The molecule has 1 aliphatic carbocycles. The molecule has 7 heteroatoms. The van der Waals surface area contributed by atoms with Gasteiger partial charge in [-0.1, -0.05) is 43.5 Å². The number of rotatable bonds is 7. The molecule has 2 aliphatic rings. The van der Waals surface area contributed by atoms with E-state index in [4.69, 9.17) is 24.3 Å². The quantitative estimate of drug-likeness (QED) is 0.319. The number of methoxy groups -OCH3 is 1. The maximum atomic E-state index is 5.55. The van der Waals surface area contributed by atoms with Crippen molar-refractivity contribution in [2.24, 2.45) is 10.1 Å². The van der Waals surface area contributed by atoms with E-state index in [1.165, 1.54) is 37.7 Å². The maximum Gasteiger partial charge on any atom is 0.231 e. The summed E-state index contributed by atoms with van der Waals surface area (Å²) in [6, 6.07) is 15.0. The molecule has 2 aromatic carbocycles. The van der Waals surface area contributed by atoms with Crippen molar-refractivity contribution in [3.8, 4) is 22.8 Å². The molecule has 0 atom stereocenters. The van der Waals surface area contributed by atoms with Gasteiger partial charge in [0.2, 0.25) is 11.6 Å². The molecular formula is C27H31N3O3S. The lowest BCUT2D eigenvalue weighted by molar-refractivity contribution is 0.174. The van der Waals surface area contributed by atoms with Gasteiger partial charge >= 0.3 is 0 Å². The molecule has 0 radical (unpaired) electrons. The van der Waals surface area contributed by atoms with Crippen molar-refractivity contribution >= 4 is 17.0 Å². The Hall–Kier alpha value is -2.90. The number of thiazole rings is 1. The molecule has 1 fully saturated rings. The highest BCUT2D eigenvalue weighted by molar-refractivity contribution is 7.07. The fraction of sp³-hybridized carbons (Fsp3) is 0.407. The summed E-state index contributed by atoms with van der Waals surface area (Å²) in [5.41, 5.74) is 5.51. The molecule has 1 saturated carbocycles. The predicted molar refractivity (Wildman–Crippen MR) is 136 cm³/mol. The molecule has 3 aromatic rings. The Balaban J connectivity index is 1.49. The van der Waals surface area contributed by atoms with Gasteiger partial charge in [0, 0.05) is 23.6 Å². The molecular weight excluding hydrogens is 446 g/mol. The van der Waals surface area contributed by atoms with Gasteiger partial charge in [-0.15, -0.1) is 11.3 Å². The zero-order chi connectivity index (χ0) is 23.3. The molecule has 0 unspecified atom stereocenters. The molecule has 0 N–H and O–H groups in total. The monoisotopic (exact) mass is 477 g/mol. The number of nitrogens with zero attached hydrogens (tertiary/aromatic N) is 3. The Kier molecular flexibility index (Phi) is 7.11. The Bertz CT molecular complexity index is 1220. The minimum absolute atomic E-state index is 0.262. The maximum absolute atomic E-state index is 5.55. The second-order valence-corrected chi connectivity index (χ2v) is 9.64. The molecule has 6 nitrogen and oxygen atoms in total. The van der Waals surface area contributed by atoms with E-state index in [0.717, 1.165) is 38.8 Å². The van der Waals surface area contributed by atoms with E-state index >= 15 is 0 Å². The summed E-state index contributed by atoms with van der Waals surface area (Å²) in [5, 5.41) is 7.13. The number of aromatic nitrogens is 1. The second kappa shape index (κ2) is 10.6. The zero-order valence-electron chi connectivity index (χ0n) is 19.8. The van der Waals surface area contributed by atoms with Crippen molar-refractivity contribution in [1.29, 1.82) is 0 Å². The summed E-state index contributed by atoms with van der Waals surface area (Å²) in [4.78, 5) is 5.59. The van der Waals surface area contributed by atoms with Gasteiger partial charge in [-0.3, -0.25) is 4.99 Å². The van der Waals surface area contributed by atoms with Gasteiger partial charge in [-0.05, 0) is 49.4 Å². The van der Waals surface area contributed by atoms with Crippen molar-refractivity contribution in [2.45, 2.75) is 44.9 Å². The highest BCUT2D eigenvalue weighted by atomic mass is 32.1. The van der Waals surface area contributed by atoms with Crippen LogP contribution in [-0.2, 0) is 4.74 Å². The van der Waals surface area contributed by atoms with Crippen LogP contribution in [0.25, 0.3) is 11.3 Å². The fourth-order valence-electron chi connectivity index (χ4n) is 4.63. The topological polar surface area (TPSA) is 57.3 Å². The van der Waals surface area contributed by atoms with Crippen LogP contribution in [0, 0.1) is 0 Å². The molecule has 0 amide bonds. The van der Waals surface area contributed by atoms with Gasteiger partial charge in [0.05, 0.1) is 24.6 Å². The molecule has 0 spiro atoms. The van der Waals surface area contributed by atoms with Crippen LogP contribution in [0.15, 0.2) is 57.9 Å². The average molecular weight is 478 g/mol. The van der Waals surface area contributed by atoms with Crippen molar-refractivity contribution < 1.29 is 14.2 Å². The van der Waals surface area contributed by atoms with E-state index in [1.54, 1.807) is 18.4 Å². The summed E-state index contributed by atoms with van der Waals surface area (Å²) in [7, 11) is 1.69. The number of hydrogen-bond acceptors (Lipinski definition) is 6. The summed E-state index contributed by atoms with van der Waals surface area (Å²) in [6.45, 7) is 3.44. The van der Waals surface area contributed by atoms with Crippen LogP contribution in [0.3, 0.4) is 0 Å². The molecule has 178 valence electrons. The fourth-order valence-corrected chi connectivity index (χ4v) is 5.48. The zero-order valence-corrected chi connectivity index (χ0v) is 20.6. The summed E-state index contributed by atoms with van der Waals surface area (Å²) in [6.07, 6.45) is 6.67. The highest BCUT2D eigenvalue weighted by Gasteiger charge is 2.17. The standard InChI is InChI=1S/C27H31N3O3S/c1-19(23-12-13-25-26(16-23)33-18-32-25)29-30-24(17-34-27(30)28-14-15-31-2)22-10-8-21(9-11-22)20-6-4-3-5-7-20/h8-13,16-17,20H,3-7,14-15,18H2,1-2H3. The number of fused-ring (bicyclic) bond motifs is 1. The first-order valence-corrected chi connectivity index (χ1v) is 12.9. The first-order valence-electron chi connectivity index (χ1n) is 12.0. The van der Waals surface area contributed by atoms with E-state index in [1.807, 2.05) is 29.8 Å². The van der Waals surface area contributed by atoms with Gasteiger partial charge in [0.1, 0.15) is 0 Å². The van der Waals surface area contributed by atoms with Crippen LogP contribution in [0.5, 0.6) is 11.5 Å². The average Bonchev–Trinajstić information content (AvgIpc) is 3.51. The molecule has 1 aromatic heterocycles. The summed E-state index contributed by atoms with van der Waals surface area (Å²) in [5.74, 6) is 2.22. The largest absolute Gasteiger partial charge is 0.454 e. The van der Waals surface area contributed by atoms with Gasteiger partial charge in [-0.25, -0.2) is 4.68 Å². The van der Waals surface area contributed by atoms with E-state index in [2.05, 4.69) is 29.6 Å². The van der Waals surface area contributed by atoms with Crippen LogP contribution in [0.2, 0.25) is 0 Å². The Morgan fingerprint density at radius 2 is 1.85 bits per heavy atom. The number of benzene rings is 2. The lowest BCUT2D eigenvalue weighted by atomic mass is 9.84. The van der Waals surface area contributed by atoms with E-state index in [0.29, 0.717) is 19.1 Å². The predicted octanol–water partition coefficient (Wildman–Crippen LogP) is 5.81. The summed E-state index contributed by atoms with van der Waals surface area (Å²) < 4.78 is 18.2. The van der Waals surface area contributed by atoms with E-state index < -0.39 is 0 Å². The minimum atomic E-state index is 0.262. The molecule has 2 heterocycles. The lowest BCUT2D eigenvalue weighted by Crippen LogP contribution is -2.15. The molecule has 0 bridgehead atoms. The van der Waals surface area contributed by atoms with Crippen molar-refractivity contribution in [3.05, 3.63) is 63.8 Å². The molecule has 1 aliphatic heterocycles. The van der Waals surface area contributed by atoms with Crippen LogP contribution in [0.4, 0.5) is 0 Å². The van der Waals surface area contributed by atoms with Gasteiger partial charge in [0.25, 0.3) is 0 Å². The number of hydrogen-bond donors (Lipinski definition) is 0. The van der Waals surface area contributed by atoms with Crippen LogP contribution >= 0.6 is 11.3 Å². The normalized spacial score (nSPS) is 16.9. The minimum Gasteiger partial charge on any atom is -0.454 e. The third-order valence-corrected chi connectivity index (χ3v) is 7.41. The van der Waals surface area contributed by atoms with Gasteiger partial charge in [-0.2, -0.15) is 5.10 Å². The third kappa shape index (κ3) is 4.95. The molecule has 34 heavy (non-hydrogen) atoms. The Morgan fingerprint density at radius 1 is 1.06 bits per heavy atom. The third-order valence-electron chi connectivity index (χ3n) is 6.55. The smallest absolute Gasteiger partial charge is 0.231 e. The van der Waals surface area contributed by atoms with Crippen molar-refractivity contribution in [2.75, 3.05) is 27.1 Å². The molecule has 5 rings (SSSR count). The van der Waals surface area contributed by atoms with Crippen LogP contribution in [0.1, 0.15) is 56.1 Å². The van der Waals surface area contributed by atoms with Crippen LogP contribution in [-0.4, -0.2) is 37.4 Å². The summed E-state index contributed by atoms with van der Waals surface area (Å²) >= 11 is 1.60. The first-order chi connectivity index (χ1) is 16.7. The van der Waals surface area contributed by atoms with E-state index in [-0.39, 0.29) is 6.79 Å². The number of ether oxygens (including phenoxy) is 3. The van der Waals surface area contributed by atoms with Gasteiger partial charge in [0.15, 0.2) is 11.5 Å². The lowest BCUT2D eigenvalue weighted by Gasteiger charge is -2.22.